The molecule has 4 heterocycles. The fourth-order valence-electron chi connectivity index (χ4n) is 2.62. The summed E-state index contributed by atoms with van der Waals surface area (Å²) in [6.45, 7) is 4.59. The predicted octanol–water partition coefficient (Wildman–Crippen LogP) is 1.65. The lowest BCUT2D eigenvalue weighted by molar-refractivity contribution is -0.384. The van der Waals surface area contributed by atoms with Crippen LogP contribution in [-0.2, 0) is 4.74 Å². The molecule has 0 aliphatic carbocycles. The van der Waals surface area contributed by atoms with Crippen molar-refractivity contribution in [3.05, 3.63) is 16.2 Å². The Labute approximate surface area is 130 Å². The van der Waals surface area contributed by atoms with Crippen LogP contribution >= 0.6 is 11.3 Å². The summed E-state index contributed by atoms with van der Waals surface area (Å²) < 4.78 is 6.10. The SMILES string of the molecule is O=[N+]([O-])c1cc2sc(N3CCOCC3)nc2nc1N1CCC1. The second-order valence-corrected chi connectivity index (χ2v) is 6.36. The number of pyridine rings is 1. The number of hydrogen-bond donors (Lipinski definition) is 0. The Morgan fingerprint density at radius 3 is 2.59 bits per heavy atom. The molecule has 2 aliphatic rings. The van der Waals surface area contributed by atoms with Gasteiger partial charge in [0, 0.05) is 32.2 Å². The van der Waals surface area contributed by atoms with Crippen molar-refractivity contribution in [3.8, 4) is 0 Å². The van der Waals surface area contributed by atoms with E-state index in [1.54, 1.807) is 6.07 Å². The molecule has 0 bridgehead atoms. The van der Waals surface area contributed by atoms with Crippen LogP contribution in [0.4, 0.5) is 16.6 Å². The first-order valence-electron chi connectivity index (χ1n) is 7.26. The molecular formula is C13H15N5O3S. The van der Waals surface area contributed by atoms with Crippen LogP contribution in [0.25, 0.3) is 10.3 Å². The maximum absolute atomic E-state index is 11.3. The standard InChI is InChI=1S/C13H15N5O3S/c19-18(20)9-8-10-11(14-12(9)16-2-1-3-16)15-13(22-10)17-4-6-21-7-5-17/h8H,1-7H2. The lowest BCUT2D eigenvalue weighted by Crippen LogP contribution is -2.38. The van der Waals surface area contributed by atoms with Crippen LogP contribution in [0, 0.1) is 10.1 Å². The first-order valence-corrected chi connectivity index (χ1v) is 8.07. The molecule has 8 nitrogen and oxygen atoms in total. The highest BCUT2D eigenvalue weighted by Gasteiger charge is 2.27. The van der Waals surface area contributed by atoms with Crippen molar-refractivity contribution in [2.24, 2.45) is 0 Å². The Kier molecular flexibility index (Phi) is 3.30. The van der Waals surface area contributed by atoms with E-state index in [4.69, 9.17) is 4.74 Å². The lowest BCUT2D eigenvalue weighted by Gasteiger charge is -2.31. The van der Waals surface area contributed by atoms with Crippen molar-refractivity contribution in [1.82, 2.24) is 9.97 Å². The minimum atomic E-state index is -0.353. The topological polar surface area (TPSA) is 84.6 Å². The number of aromatic nitrogens is 2. The van der Waals surface area contributed by atoms with E-state index in [2.05, 4.69) is 14.9 Å². The van der Waals surface area contributed by atoms with Crippen LogP contribution in [-0.4, -0.2) is 54.3 Å². The molecule has 0 aromatic carbocycles. The maximum atomic E-state index is 11.3. The van der Waals surface area contributed by atoms with Gasteiger partial charge in [0.25, 0.3) is 0 Å². The van der Waals surface area contributed by atoms with Crippen molar-refractivity contribution in [2.75, 3.05) is 49.2 Å². The Morgan fingerprint density at radius 1 is 1.18 bits per heavy atom. The van der Waals surface area contributed by atoms with Crippen molar-refractivity contribution < 1.29 is 9.66 Å². The van der Waals surface area contributed by atoms with Crippen LogP contribution in [0.2, 0.25) is 0 Å². The van der Waals surface area contributed by atoms with Crippen LogP contribution in [0.1, 0.15) is 6.42 Å². The molecule has 2 aromatic heterocycles. The fourth-order valence-corrected chi connectivity index (χ4v) is 3.61. The van der Waals surface area contributed by atoms with E-state index in [1.807, 2.05) is 4.90 Å². The Bertz CT molecular complexity index is 724. The van der Waals surface area contributed by atoms with Gasteiger partial charge in [-0.1, -0.05) is 11.3 Å². The minimum Gasteiger partial charge on any atom is -0.378 e. The van der Waals surface area contributed by atoms with Crippen molar-refractivity contribution >= 4 is 38.3 Å². The number of thiazole rings is 1. The van der Waals surface area contributed by atoms with Gasteiger partial charge in [-0.2, -0.15) is 4.98 Å². The summed E-state index contributed by atoms with van der Waals surface area (Å²) in [7, 11) is 0. The highest BCUT2D eigenvalue weighted by Crippen LogP contribution is 2.36. The van der Waals surface area contributed by atoms with Gasteiger partial charge in [-0.15, -0.1) is 0 Å². The third-order valence-electron chi connectivity index (χ3n) is 3.97. The van der Waals surface area contributed by atoms with Gasteiger partial charge in [-0.25, -0.2) is 4.98 Å². The van der Waals surface area contributed by atoms with Crippen molar-refractivity contribution in [3.63, 3.8) is 0 Å². The molecule has 116 valence electrons. The van der Waals surface area contributed by atoms with Gasteiger partial charge in [-0.3, -0.25) is 10.1 Å². The predicted molar refractivity (Wildman–Crippen MR) is 83.9 cm³/mol. The van der Waals surface area contributed by atoms with Crippen molar-refractivity contribution in [1.29, 1.82) is 0 Å². The summed E-state index contributed by atoms with van der Waals surface area (Å²) in [5.41, 5.74) is 0.670. The zero-order valence-electron chi connectivity index (χ0n) is 11.9. The van der Waals surface area contributed by atoms with Gasteiger partial charge in [0.1, 0.15) is 0 Å². The first kappa shape index (κ1) is 13.6. The van der Waals surface area contributed by atoms with E-state index in [0.717, 1.165) is 42.4 Å². The minimum absolute atomic E-state index is 0.0735. The molecule has 0 unspecified atom stereocenters. The summed E-state index contributed by atoms with van der Waals surface area (Å²) in [4.78, 5) is 24.1. The number of nitro groups is 1. The molecule has 0 radical (unpaired) electrons. The number of ether oxygens (including phenoxy) is 1. The molecule has 2 saturated heterocycles. The van der Waals surface area contributed by atoms with E-state index in [1.165, 1.54) is 11.3 Å². The molecule has 0 N–H and O–H groups in total. The number of nitrogens with zero attached hydrogens (tertiary/aromatic N) is 5. The Morgan fingerprint density at radius 2 is 1.95 bits per heavy atom. The monoisotopic (exact) mass is 321 g/mol. The molecule has 9 heteroatoms. The Hall–Kier alpha value is -2.00. The maximum Gasteiger partial charge on any atom is 0.313 e. The lowest BCUT2D eigenvalue weighted by atomic mass is 10.2. The molecule has 0 amide bonds. The molecule has 2 aliphatic heterocycles. The van der Waals surface area contributed by atoms with Crippen LogP contribution in [0.5, 0.6) is 0 Å². The van der Waals surface area contributed by atoms with Crippen LogP contribution in [0.15, 0.2) is 6.07 Å². The normalized spacial score (nSPS) is 18.5. The number of rotatable bonds is 3. The van der Waals surface area contributed by atoms with E-state index >= 15 is 0 Å². The molecule has 0 spiro atoms. The van der Waals surface area contributed by atoms with Gasteiger partial charge < -0.3 is 14.5 Å². The third kappa shape index (κ3) is 2.26. The average molecular weight is 321 g/mol. The average Bonchev–Trinajstić information content (AvgIpc) is 2.88. The van der Waals surface area contributed by atoms with E-state index in [0.29, 0.717) is 24.7 Å². The number of hydrogen-bond acceptors (Lipinski definition) is 8. The largest absolute Gasteiger partial charge is 0.378 e. The van der Waals surface area contributed by atoms with E-state index in [-0.39, 0.29) is 10.6 Å². The summed E-state index contributed by atoms with van der Waals surface area (Å²) in [6, 6.07) is 1.61. The van der Waals surface area contributed by atoms with Gasteiger partial charge in [0.05, 0.1) is 22.8 Å². The van der Waals surface area contributed by atoms with Gasteiger partial charge in [0.15, 0.2) is 10.8 Å². The molecule has 2 aromatic rings. The smallest absolute Gasteiger partial charge is 0.313 e. The Balaban J connectivity index is 1.76. The first-order chi connectivity index (χ1) is 10.7. The summed E-state index contributed by atoms with van der Waals surface area (Å²) in [5, 5.41) is 12.2. The number of anilines is 2. The second-order valence-electron chi connectivity index (χ2n) is 5.35. The summed E-state index contributed by atoms with van der Waals surface area (Å²) in [6.07, 6.45) is 1.05. The van der Waals surface area contributed by atoms with E-state index < -0.39 is 0 Å². The van der Waals surface area contributed by atoms with Crippen LogP contribution in [0.3, 0.4) is 0 Å². The zero-order valence-corrected chi connectivity index (χ0v) is 12.7. The molecule has 4 rings (SSSR count). The highest BCUT2D eigenvalue weighted by atomic mass is 32.1. The molecule has 2 fully saturated rings. The van der Waals surface area contributed by atoms with Gasteiger partial charge in [0.2, 0.25) is 5.82 Å². The van der Waals surface area contributed by atoms with Crippen LogP contribution < -0.4 is 9.80 Å². The fraction of sp³-hybridized carbons (Fsp3) is 0.538. The molecule has 0 atom stereocenters. The van der Waals surface area contributed by atoms with Gasteiger partial charge >= 0.3 is 5.69 Å². The summed E-state index contributed by atoms with van der Waals surface area (Å²) >= 11 is 1.46. The zero-order chi connectivity index (χ0) is 15.1. The molecular weight excluding hydrogens is 306 g/mol. The highest BCUT2D eigenvalue weighted by molar-refractivity contribution is 7.22. The third-order valence-corrected chi connectivity index (χ3v) is 5.02. The number of fused-ring (bicyclic) bond motifs is 1. The van der Waals surface area contributed by atoms with Crippen molar-refractivity contribution in [2.45, 2.75) is 6.42 Å². The summed E-state index contributed by atoms with van der Waals surface area (Å²) in [5.74, 6) is 0.447. The molecule has 0 saturated carbocycles. The van der Waals surface area contributed by atoms with E-state index in [9.17, 15) is 10.1 Å². The quantitative estimate of drug-likeness (QED) is 0.627. The molecule has 22 heavy (non-hydrogen) atoms. The number of morpholine rings is 1. The van der Waals surface area contributed by atoms with Gasteiger partial charge in [-0.05, 0) is 6.42 Å². The second kappa shape index (κ2) is 5.33.